The number of carbonyl (C=O) groups is 1. The van der Waals surface area contributed by atoms with Gasteiger partial charge in [0.05, 0.1) is 0 Å². The third-order valence-corrected chi connectivity index (χ3v) is 3.03. The Morgan fingerprint density at radius 3 is 2.55 bits per heavy atom. The fraction of sp³-hybridized carbons (Fsp3) is 0.133. The van der Waals surface area contributed by atoms with Crippen molar-refractivity contribution in [3.63, 3.8) is 0 Å². The highest BCUT2D eigenvalue weighted by Gasteiger charge is 2.01. The van der Waals surface area contributed by atoms with Crippen molar-refractivity contribution in [1.82, 2.24) is 0 Å². The van der Waals surface area contributed by atoms with Gasteiger partial charge in [-0.3, -0.25) is 4.79 Å². The van der Waals surface area contributed by atoms with E-state index >= 15 is 0 Å². The molecule has 0 spiro atoms. The second-order valence-corrected chi connectivity index (χ2v) is 4.83. The van der Waals surface area contributed by atoms with E-state index in [1.165, 1.54) is 0 Å². The first kappa shape index (κ1) is 14.7. The minimum atomic E-state index is -0.237. The van der Waals surface area contributed by atoms with Gasteiger partial charge in [-0.15, -0.1) is 11.6 Å². The Balaban J connectivity index is 1.92. The van der Waals surface area contributed by atoms with E-state index in [1.807, 2.05) is 24.3 Å². The summed E-state index contributed by atoms with van der Waals surface area (Å²) >= 11 is 11.3. The van der Waals surface area contributed by atoms with Gasteiger partial charge in [0.25, 0.3) is 0 Å². The van der Waals surface area contributed by atoms with Crippen LogP contribution in [0.2, 0.25) is 5.02 Å². The molecule has 0 aliphatic heterocycles. The summed E-state index contributed by atoms with van der Waals surface area (Å²) in [6.45, 7) is 0.438. The zero-order chi connectivity index (χ0) is 14.4. The van der Waals surface area contributed by atoms with E-state index in [0.717, 1.165) is 5.56 Å². The molecular formula is C15H13Cl2NO2. The Bertz CT molecular complexity index is 585. The zero-order valence-corrected chi connectivity index (χ0v) is 12.1. The molecule has 0 radical (unpaired) electrons. The molecule has 20 heavy (non-hydrogen) atoms. The summed E-state index contributed by atoms with van der Waals surface area (Å²) in [4.78, 5) is 11.1. The monoisotopic (exact) mass is 309 g/mol. The van der Waals surface area contributed by atoms with Gasteiger partial charge in [0, 0.05) is 10.7 Å². The maximum Gasteiger partial charge on any atom is 0.239 e. The molecule has 0 aliphatic rings. The number of alkyl halides is 1. The maximum atomic E-state index is 11.1. The lowest BCUT2D eigenvalue weighted by Crippen LogP contribution is -2.12. The van der Waals surface area contributed by atoms with Gasteiger partial charge >= 0.3 is 0 Å². The maximum absolute atomic E-state index is 11.1. The molecule has 2 aromatic rings. The Hall–Kier alpha value is -1.71. The summed E-state index contributed by atoms with van der Waals surface area (Å²) in [7, 11) is 0. The molecular weight excluding hydrogens is 297 g/mol. The number of ether oxygens (including phenoxy) is 1. The van der Waals surface area contributed by atoms with Crippen LogP contribution in [0.4, 0.5) is 5.69 Å². The molecule has 0 heterocycles. The van der Waals surface area contributed by atoms with Gasteiger partial charge in [-0.2, -0.15) is 0 Å². The summed E-state index contributed by atoms with van der Waals surface area (Å²) in [6, 6.07) is 14.6. The molecule has 1 amide bonds. The van der Waals surface area contributed by atoms with Crippen molar-refractivity contribution in [3.05, 3.63) is 59.1 Å². The standard InChI is InChI=1S/C15H13Cl2NO2/c16-9-15(19)18-13-4-6-14(7-5-13)20-10-11-2-1-3-12(17)8-11/h1-8H,9-10H2,(H,18,19). The third kappa shape index (κ3) is 4.44. The quantitative estimate of drug-likeness (QED) is 0.845. The van der Waals surface area contributed by atoms with Crippen LogP contribution in [0.1, 0.15) is 5.56 Å². The molecule has 0 bridgehead atoms. The van der Waals surface area contributed by atoms with Crippen molar-refractivity contribution in [1.29, 1.82) is 0 Å². The Morgan fingerprint density at radius 2 is 1.90 bits per heavy atom. The lowest BCUT2D eigenvalue weighted by molar-refractivity contribution is -0.113. The molecule has 0 aromatic heterocycles. The molecule has 104 valence electrons. The van der Waals surface area contributed by atoms with Crippen molar-refractivity contribution < 1.29 is 9.53 Å². The second kappa shape index (κ2) is 7.17. The molecule has 0 unspecified atom stereocenters. The third-order valence-electron chi connectivity index (χ3n) is 2.55. The lowest BCUT2D eigenvalue weighted by Gasteiger charge is -2.08. The first-order valence-electron chi connectivity index (χ1n) is 6.00. The van der Waals surface area contributed by atoms with E-state index in [-0.39, 0.29) is 11.8 Å². The van der Waals surface area contributed by atoms with E-state index in [4.69, 9.17) is 27.9 Å². The van der Waals surface area contributed by atoms with Crippen LogP contribution in [0.3, 0.4) is 0 Å². The highest BCUT2D eigenvalue weighted by molar-refractivity contribution is 6.30. The van der Waals surface area contributed by atoms with Crippen LogP contribution in [-0.4, -0.2) is 11.8 Å². The number of carbonyl (C=O) groups excluding carboxylic acids is 1. The average Bonchev–Trinajstić information content (AvgIpc) is 2.46. The van der Waals surface area contributed by atoms with Crippen LogP contribution in [0.25, 0.3) is 0 Å². The SMILES string of the molecule is O=C(CCl)Nc1ccc(OCc2cccc(Cl)c2)cc1. The molecule has 0 saturated carbocycles. The number of nitrogens with one attached hydrogen (secondary N) is 1. The van der Waals surface area contributed by atoms with Gasteiger partial charge < -0.3 is 10.1 Å². The lowest BCUT2D eigenvalue weighted by atomic mass is 10.2. The van der Waals surface area contributed by atoms with E-state index in [0.29, 0.717) is 23.1 Å². The van der Waals surface area contributed by atoms with Gasteiger partial charge in [0.15, 0.2) is 0 Å². The minimum absolute atomic E-state index is 0.0625. The molecule has 3 nitrogen and oxygen atoms in total. The second-order valence-electron chi connectivity index (χ2n) is 4.12. The van der Waals surface area contributed by atoms with Gasteiger partial charge in [0.1, 0.15) is 18.2 Å². The van der Waals surface area contributed by atoms with Crippen molar-refractivity contribution in [3.8, 4) is 5.75 Å². The van der Waals surface area contributed by atoms with Gasteiger partial charge in [0.2, 0.25) is 5.91 Å². The Labute approximate surface area is 127 Å². The van der Waals surface area contributed by atoms with Gasteiger partial charge in [-0.25, -0.2) is 0 Å². The van der Waals surface area contributed by atoms with Crippen LogP contribution >= 0.6 is 23.2 Å². The molecule has 1 N–H and O–H groups in total. The predicted molar refractivity (Wildman–Crippen MR) is 81.6 cm³/mol. The minimum Gasteiger partial charge on any atom is -0.489 e. The molecule has 2 aromatic carbocycles. The van der Waals surface area contributed by atoms with Crippen molar-refractivity contribution in [2.24, 2.45) is 0 Å². The van der Waals surface area contributed by atoms with Crippen molar-refractivity contribution in [2.45, 2.75) is 6.61 Å². The number of benzene rings is 2. The Kier molecular flexibility index (Phi) is 5.27. The summed E-state index contributed by atoms with van der Waals surface area (Å²) in [5, 5.41) is 3.34. The van der Waals surface area contributed by atoms with Crippen molar-refractivity contribution in [2.75, 3.05) is 11.2 Å². The number of rotatable bonds is 5. The van der Waals surface area contributed by atoms with Crippen LogP contribution < -0.4 is 10.1 Å². The first-order valence-corrected chi connectivity index (χ1v) is 6.92. The fourth-order valence-electron chi connectivity index (χ4n) is 1.62. The number of anilines is 1. The largest absolute Gasteiger partial charge is 0.489 e. The van der Waals surface area contributed by atoms with Crippen LogP contribution in [-0.2, 0) is 11.4 Å². The normalized spacial score (nSPS) is 10.1. The average molecular weight is 310 g/mol. The number of hydrogen-bond donors (Lipinski definition) is 1. The molecule has 0 saturated heterocycles. The van der Waals surface area contributed by atoms with Gasteiger partial charge in [-0.05, 0) is 42.0 Å². The Morgan fingerprint density at radius 1 is 1.15 bits per heavy atom. The number of halogens is 2. The first-order chi connectivity index (χ1) is 9.67. The fourth-order valence-corrected chi connectivity index (χ4v) is 1.90. The summed E-state index contributed by atoms with van der Waals surface area (Å²) < 4.78 is 5.64. The van der Waals surface area contributed by atoms with E-state index < -0.39 is 0 Å². The molecule has 0 aliphatic carbocycles. The van der Waals surface area contributed by atoms with Crippen LogP contribution in [0, 0.1) is 0 Å². The summed E-state index contributed by atoms with van der Waals surface area (Å²) in [5.74, 6) is 0.417. The zero-order valence-electron chi connectivity index (χ0n) is 10.6. The number of hydrogen-bond acceptors (Lipinski definition) is 2. The summed E-state index contributed by atoms with van der Waals surface area (Å²) in [5.41, 5.74) is 1.68. The van der Waals surface area contributed by atoms with Crippen LogP contribution in [0.15, 0.2) is 48.5 Å². The molecule has 5 heteroatoms. The van der Waals surface area contributed by atoms with Crippen molar-refractivity contribution >= 4 is 34.8 Å². The highest BCUT2D eigenvalue weighted by Crippen LogP contribution is 2.18. The predicted octanol–water partition coefficient (Wildman–Crippen LogP) is 4.10. The van der Waals surface area contributed by atoms with Gasteiger partial charge in [-0.1, -0.05) is 23.7 Å². The van der Waals surface area contributed by atoms with E-state index in [1.54, 1.807) is 24.3 Å². The molecule has 0 fully saturated rings. The molecule has 0 atom stereocenters. The highest BCUT2D eigenvalue weighted by atomic mass is 35.5. The molecule has 2 rings (SSSR count). The van der Waals surface area contributed by atoms with E-state index in [2.05, 4.69) is 5.32 Å². The summed E-state index contributed by atoms with van der Waals surface area (Å²) in [6.07, 6.45) is 0. The smallest absolute Gasteiger partial charge is 0.239 e. The van der Waals surface area contributed by atoms with Crippen LogP contribution in [0.5, 0.6) is 5.75 Å². The topological polar surface area (TPSA) is 38.3 Å². The number of amides is 1. The van der Waals surface area contributed by atoms with E-state index in [9.17, 15) is 4.79 Å².